The van der Waals surface area contributed by atoms with E-state index < -0.39 is 5.82 Å². The van der Waals surface area contributed by atoms with Crippen LogP contribution in [0.5, 0.6) is 0 Å². The fraction of sp³-hybridized carbons (Fsp3) is 0.231. The van der Waals surface area contributed by atoms with Crippen molar-refractivity contribution < 1.29 is 18.8 Å². The first-order chi connectivity index (χ1) is 16.8. The lowest BCUT2D eigenvalue weighted by molar-refractivity contribution is -0.119. The number of aromatic nitrogens is 1. The molecule has 0 bridgehead atoms. The number of hydrogen-bond acceptors (Lipinski definition) is 5. The highest BCUT2D eigenvalue weighted by molar-refractivity contribution is 7.14. The van der Waals surface area contributed by atoms with Crippen LogP contribution in [0.15, 0.2) is 60.0 Å². The second-order valence-electron chi connectivity index (χ2n) is 7.91. The van der Waals surface area contributed by atoms with Crippen molar-refractivity contribution in [3.05, 3.63) is 77.1 Å². The van der Waals surface area contributed by atoms with Gasteiger partial charge in [0, 0.05) is 36.5 Å². The summed E-state index contributed by atoms with van der Waals surface area (Å²) < 4.78 is 14.2. The van der Waals surface area contributed by atoms with Crippen LogP contribution < -0.4 is 15.5 Å². The van der Waals surface area contributed by atoms with Crippen LogP contribution in [0, 0.1) is 11.7 Å². The van der Waals surface area contributed by atoms with Gasteiger partial charge < -0.3 is 10.6 Å². The van der Waals surface area contributed by atoms with Crippen molar-refractivity contribution in [3.63, 3.8) is 0 Å². The summed E-state index contributed by atoms with van der Waals surface area (Å²) in [5, 5.41) is 7.65. The van der Waals surface area contributed by atoms with E-state index in [1.54, 1.807) is 23.6 Å². The highest BCUT2D eigenvalue weighted by atomic mass is 32.1. The van der Waals surface area contributed by atoms with E-state index >= 15 is 0 Å². The van der Waals surface area contributed by atoms with E-state index in [9.17, 15) is 18.8 Å². The largest absolute Gasteiger partial charge is 0.348 e. The van der Waals surface area contributed by atoms with Crippen LogP contribution in [0.3, 0.4) is 0 Å². The van der Waals surface area contributed by atoms with E-state index in [4.69, 9.17) is 0 Å². The minimum Gasteiger partial charge on any atom is -0.348 e. The summed E-state index contributed by atoms with van der Waals surface area (Å²) in [6.07, 6.45) is 3.62. The van der Waals surface area contributed by atoms with Gasteiger partial charge in [-0.2, -0.15) is 0 Å². The van der Waals surface area contributed by atoms with Gasteiger partial charge in [-0.15, -0.1) is 11.3 Å². The molecule has 0 radical (unpaired) electrons. The van der Waals surface area contributed by atoms with E-state index in [1.165, 1.54) is 47.4 Å². The van der Waals surface area contributed by atoms with Crippen LogP contribution in [0.1, 0.15) is 38.4 Å². The van der Waals surface area contributed by atoms with Crippen molar-refractivity contribution in [3.8, 4) is 0 Å². The number of nitrogens with one attached hydrogen (secondary N) is 2. The minimum atomic E-state index is -0.530. The quantitative estimate of drug-likeness (QED) is 0.396. The maximum atomic E-state index is 14.2. The number of carbonyl (C=O) groups excluding carboxylic acids is 3. The van der Waals surface area contributed by atoms with Gasteiger partial charge in [0.05, 0.1) is 11.4 Å². The molecular formula is C26H27FN4O3S. The third-order valence-corrected chi connectivity index (χ3v) is 6.08. The first-order valence-corrected chi connectivity index (χ1v) is 12.0. The number of halogens is 1. The number of carbonyl (C=O) groups is 3. The highest BCUT2D eigenvalue weighted by Crippen LogP contribution is 2.31. The average molecular weight is 495 g/mol. The molecule has 182 valence electrons. The van der Waals surface area contributed by atoms with Crippen molar-refractivity contribution >= 4 is 51.6 Å². The molecule has 1 heterocycles. The minimum absolute atomic E-state index is 0.0439. The van der Waals surface area contributed by atoms with Gasteiger partial charge in [0.25, 0.3) is 0 Å². The molecule has 0 fully saturated rings. The summed E-state index contributed by atoms with van der Waals surface area (Å²) in [6, 6.07) is 13.3. The van der Waals surface area contributed by atoms with Crippen molar-refractivity contribution in [2.75, 3.05) is 10.2 Å². The van der Waals surface area contributed by atoms with E-state index in [0.717, 1.165) is 12.0 Å². The summed E-state index contributed by atoms with van der Waals surface area (Å²) in [5.41, 5.74) is 2.10. The molecule has 1 unspecified atom stereocenters. The number of rotatable bonds is 9. The number of anilines is 3. The molecule has 1 atom stereocenters. The van der Waals surface area contributed by atoms with Crippen molar-refractivity contribution in [1.29, 1.82) is 0 Å². The Morgan fingerprint density at radius 3 is 2.66 bits per heavy atom. The number of para-hydroxylation sites is 1. The smallest absolute Gasteiger partial charge is 0.244 e. The summed E-state index contributed by atoms with van der Waals surface area (Å²) in [7, 11) is 0. The molecule has 3 aromatic rings. The fourth-order valence-electron chi connectivity index (χ4n) is 3.11. The molecule has 0 saturated carbocycles. The average Bonchev–Trinajstić information content (AvgIpc) is 3.30. The van der Waals surface area contributed by atoms with Crippen LogP contribution in [-0.2, 0) is 20.9 Å². The second kappa shape index (κ2) is 12.0. The van der Waals surface area contributed by atoms with Gasteiger partial charge in [0.2, 0.25) is 17.7 Å². The molecular weight excluding hydrogens is 467 g/mol. The van der Waals surface area contributed by atoms with Crippen LogP contribution in [0.4, 0.5) is 20.9 Å². The third-order valence-electron chi connectivity index (χ3n) is 5.24. The molecule has 3 rings (SSSR count). The maximum absolute atomic E-state index is 14.2. The molecule has 0 saturated heterocycles. The normalized spacial score (nSPS) is 11.8. The zero-order valence-corrected chi connectivity index (χ0v) is 20.6. The number of thiazole rings is 1. The van der Waals surface area contributed by atoms with Gasteiger partial charge in [0.15, 0.2) is 5.13 Å². The summed E-state index contributed by atoms with van der Waals surface area (Å²) in [4.78, 5) is 42.1. The van der Waals surface area contributed by atoms with Gasteiger partial charge in [-0.25, -0.2) is 9.37 Å². The van der Waals surface area contributed by atoms with Crippen molar-refractivity contribution in [2.24, 2.45) is 5.92 Å². The van der Waals surface area contributed by atoms with Gasteiger partial charge >= 0.3 is 0 Å². The Kier molecular flexibility index (Phi) is 8.86. The predicted molar refractivity (Wildman–Crippen MR) is 137 cm³/mol. The maximum Gasteiger partial charge on any atom is 0.244 e. The number of hydrogen-bond donors (Lipinski definition) is 2. The lowest BCUT2D eigenvalue weighted by Gasteiger charge is -2.18. The van der Waals surface area contributed by atoms with Crippen LogP contribution in [0.25, 0.3) is 6.08 Å². The Balaban J connectivity index is 1.60. The topological polar surface area (TPSA) is 91.4 Å². The Bertz CT molecular complexity index is 1240. The number of benzene rings is 2. The van der Waals surface area contributed by atoms with Gasteiger partial charge in [-0.3, -0.25) is 19.3 Å². The Labute approximate surface area is 207 Å². The van der Waals surface area contributed by atoms with Crippen molar-refractivity contribution in [2.45, 2.75) is 33.7 Å². The fourth-order valence-corrected chi connectivity index (χ4v) is 3.96. The molecule has 0 aliphatic heterocycles. The monoisotopic (exact) mass is 494 g/mol. The molecule has 0 spiro atoms. The standard InChI is InChI=1S/C26H27FN4O3S/c1-4-17(2)25(34)29-20-9-7-8-19(14-20)15-28-24(33)13-12-21-16-35-26(30-21)31(18(3)32)23-11-6-5-10-22(23)27/h5-14,16-17H,4,15H2,1-3H3,(H,28,33)(H,29,34)/b13-12+. The molecule has 7 nitrogen and oxygen atoms in total. The molecule has 0 aliphatic rings. The van der Waals surface area contributed by atoms with E-state index in [-0.39, 0.29) is 35.9 Å². The van der Waals surface area contributed by atoms with Gasteiger partial charge in [-0.05, 0) is 42.3 Å². The SMILES string of the molecule is CCC(C)C(=O)Nc1cccc(CNC(=O)/C=C/c2csc(N(C(C)=O)c3ccccc3F)n2)c1. The summed E-state index contributed by atoms with van der Waals surface area (Å²) in [6.45, 7) is 5.44. The second-order valence-corrected chi connectivity index (χ2v) is 8.75. The molecule has 1 aromatic heterocycles. The molecule has 2 N–H and O–H groups in total. The zero-order valence-electron chi connectivity index (χ0n) is 19.7. The lowest BCUT2D eigenvalue weighted by Crippen LogP contribution is -2.23. The Morgan fingerprint density at radius 1 is 1.17 bits per heavy atom. The Morgan fingerprint density at radius 2 is 1.94 bits per heavy atom. The predicted octanol–water partition coefficient (Wildman–Crippen LogP) is 5.28. The molecule has 0 aliphatic carbocycles. The summed E-state index contributed by atoms with van der Waals surface area (Å²) >= 11 is 1.17. The van der Waals surface area contributed by atoms with E-state index in [2.05, 4.69) is 15.6 Å². The molecule has 3 amide bonds. The van der Waals surface area contributed by atoms with Crippen LogP contribution in [0.2, 0.25) is 0 Å². The number of nitrogens with zero attached hydrogens (tertiary/aromatic N) is 2. The lowest BCUT2D eigenvalue weighted by atomic mass is 10.1. The van der Waals surface area contributed by atoms with Crippen LogP contribution in [-0.4, -0.2) is 22.7 Å². The molecule has 2 aromatic carbocycles. The van der Waals surface area contributed by atoms with Gasteiger partial charge in [-0.1, -0.05) is 38.1 Å². The first-order valence-electron chi connectivity index (χ1n) is 11.1. The Hall–Kier alpha value is -3.85. The number of amides is 3. The molecule has 35 heavy (non-hydrogen) atoms. The van der Waals surface area contributed by atoms with Gasteiger partial charge in [0.1, 0.15) is 5.82 Å². The highest BCUT2D eigenvalue weighted by Gasteiger charge is 2.20. The van der Waals surface area contributed by atoms with Crippen molar-refractivity contribution in [1.82, 2.24) is 10.3 Å². The molecule has 9 heteroatoms. The van der Waals surface area contributed by atoms with Crippen LogP contribution >= 0.6 is 11.3 Å². The zero-order chi connectivity index (χ0) is 25.4. The first kappa shape index (κ1) is 25.8. The third kappa shape index (κ3) is 7.07. The van der Waals surface area contributed by atoms with E-state index in [0.29, 0.717) is 16.5 Å². The summed E-state index contributed by atoms with van der Waals surface area (Å²) in [5.74, 6) is -1.36. The van der Waals surface area contributed by atoms with E-state index in [1.807, 2.05) is 32.0 Å².